The zero-order valence-electron chi connectivity index (χ0n) is 17.9. The van der Waals surface area contributed by atoms with Crippen LogP contribution in [0.1, 0.15) is 32.6 Å². The number of hydrogen-bond donors (Lipinski definition) is 0. The summed E-state index contributed by atoms with van der Waals surface area (Å²) in [7, 11) is 0. The Morgan fingerprint density at radius 3 is 2.70 bits per heavy atom. The van der Waals surface area contributed by atoms with E-state index in [9.17, 15) is 14.9 Å². The van der Waals surface area contributed by atoms with Gasteiger partial charge in [0.15, 0.2) is 4.87 Å². The number of nitrogens with zero attached hydrogens (tertiary/aromatic N) is 3. The zero-order chi connectivity index (χ0) is 23.2. The lowest BCUT2D eigenvalue weighted by atomic mass is 10.0. The van der Waals surface area contributed by atoms with Crippen molar-refractivity contribution in [3.05, 3.63) is 99.6 Å². The van der Waals surface area contributed by atoms with Crippen LogP contribution in [0.5, 0.6) is 0 Å². The molecule has 0 saturated carbocycles. The molecule has 2 aliphatic rings. The van der Waals surface area contributed by atoms with Gasteiger partial charge in [-0.1, -0.05) is 41.4 Å². The van der Waals surface area contributed by atoms with Crippen LogP contribution in [0.25, 0.3) is 0 Å². The van der Waals surface area contributed by atoms with Crippen LogP contribution in [0.15, 0.2) is 66.7 Å². The first kappa shape index (κ1) is 21.6. The minimum atomic E-state index is -1.16. The van der Waals surface area contributed by atoms with E-state index in [1.54, 1.807) is 46.2 Å². The SMILES string of the molecule is Cc1ccc(C(=O)N2CCSC23C(=O)N(Cc2cccc(C#N)c2)c2ccc(Cl)cc23)cc1. The maximum absolute atomic E-state index is 14.1. The molecule has 1 atom stereocenters. The summed E-state index contributed by atoms with van der Waals surface area (Å²) in [6.07, 6.45) is 0. The van der Waals surface area contributed by atoms with E-state index in [2.05, 4.69) is 6.07 Å². The molecule has 3 aromatic carbocycles. The van der Waals surface area contributed by atoms with Crippen molar-refractivity contribution in [2.24, 2.45) is 0 Å². The number of carbonyl (C=O) groups is 2. The molecule has 1 fully saturated rings. The van der Waals surface area contributed by atoms with Crippen molar-refractivity contribution in [1.82, 2.24) is 4.90 Å². The maximum Gasteiger partial charge on any atom is 0.268 e. The number of hydrogen-bond acceptors (Lipinski definition) is 4. The van der Waals surface area contributed by atoms with E-state index in [-0.39, 0.29) is 11.8 Å². The maximum atomic E-state index is 14.1. The standard InChI is InChI=1S/C26H20ClN3O2S/c1-17-5-7-20(8-6-17)24(31)30-11-12-33-26(30)22-14-21(27)9-10-23(22)29(25(26)32)16-19-4-2-3-18(13-19)15-28/h2-10,13-14H,11-12,16H2,1H3. The monoisotopic (exact) mass is 473 g/mol. The fourth-order valence-corrected chi connectivity index (χ4v) is 6.14. The van der Waals surface area contributed by atoms with Crippen LogP contribution in [-0.2, 0) is 16.2 Å². The Bertz CT molecular complexity index is 1320. The summed E-state index contributed by atoms with van der Waals surface area (Å²) < 4.78 is 0. The van der Waals surface area contributed by atoms with Crippen LogP contribution in [0, 0.1) is 18.3 Å². The van der Waals surface area contributed by atoms with Gasteiger partial charge in [-0.3, -0.25) is 9.59 Å². The summed E-state index contributed by atoms with van der Waals surface area (Å²) in [6, 6.07) is 22.2. The van der Waals surface area contributed by atoms with Crippen molar-refractivity contribution in [1.29, 1.82) is 5.26 Å². The molecule has 7 heteroatoms. The number of amides is 2. The number of benzene rings is 3. The van der Waals surface area contributed by atoms with Crippen molar-refractivity contribution >= 4 is 40.9 Å². The van der Waals surface area contributed by atoms with E-state index in [0.717, 1.165) is 22.4 Å². The third-order valence-corrected chi connectivity index (χ3v) is 7.75. The average molecular weight is 474 g/mol. The van der Waals surface area contributed by atoms with Crippen LogP contribution >= 0.6 is 23.4 Å². The van der Waals surface area contributed by atoms with Gasteiger partial charge < -0.3 is 9.80 Å². The number of carbonyl (C=O) groups excluding carboxylic acids is 2. The number of nitriles is 1. The Balaban J connectivity index is 1.59. The molecule has 2 heterocycles. The summed E-state index contributed by atoms with van der Waals surface area (Å²) in [4.78, 5) is 29.9. The van der Waals surface area contributed by atoms with Crippen molar-refractivity contribution in [2.45, 2.75) is 18.3 Å². The van der Waals surface area contributed by atoms with Gasteiger partial charge in [-0.2, -0.15) is 5.26 Å². The number of halogens is 1. The van der Waals surface area contributed by atoms with E-state index in [1.807, 2.05) is 37.3 Å². The Kier molecular flexibility index (Phi) is 5.40. The second kappa shape index (κ2) is 8.26. The van der Waals surface area contributed by atoms with Crippen LogP contribution < -0.4 is 4.90 Å². The van der Waals surface area contributed by atoms with Gasteiger partial charge in [-0.05, 0) is 55.0 Å². The molecule has 5 rings (SSSR count). The van der Waals surface area contributed by atoms with Crippen LogP contribution in [-0.4, -0.2) is 29.0 Å². The Morgan fingerprint density at radius 2 is 1.94 bits per heavy atom. The highest BCUT2D eigenvalue weighted by Crippen LogP contribution is 2.55. The van der Waals surface area contributed by atoms with E-state index in [1.165, 1.54) is 11.8 Å². The van der Waals surface area contributed by atoms with Crippen molar-refractivity contribution < 1.29 is 9.59 Å². The summed E-state index contributed by atoms with van der Waals surface area (Å²) in [6.45, 7) is 2.74. The molecule has 1 unspecified atom stereocenters. The first-order valence-corrected chi connectivity index (χ1v) is 11.9. The number of anilines is 1. The second-order valence-electron chi connectivity index (χ2n) is 8.18. The number of fused-ring (bicyclic) bond motifs is 2. The van der Waals surface area contributed by atoms with E-state index in [4.69, 9.17) is 11.6 Å². The average Bonchev–Trinajstić information content (AvgIpc) is 3.36. The third-order valence-electron chi connectivity index (χ3n) is 6.10. The molecule has 0 aliphatic carbocycles. The smallest absolute Gasteiger partial charge is 0.268 e. The molecule has 0 aromatic heterocycles. The largest absolute Gasteiger partial charge is 0.311 e. The number of thioether (sulfide) groups is 1. The number of rotatable bonds is 3. The Morgan fingerprint density at radius 1 is 1.15 bits per heavy atom. The van der Waals surface area contributed by atoms with Gasteiger partial charge in [0.25, 0.3) is 11.8 Å². The van der Waals surface area contributed by atoms with Gasteiger partial charge in [0, 0.05) is 28.4 Å². The molecule has 1 saturated heterocycles. The molecule has 0 N–H and O–H groups in total. The van der Waals surface area contributed by atoms with Crippen LogP contribution in [0.3, 0.4) is 0 Å². The van der Waals surface area contributed by atoms with Gasteiger partial charge in [0.05, 0.1) is 23.9 Å². The molecule has 2 amide bonds. The molecule has 33 heavy (non-hydrogen) atoms. The van der Waals surface area contributed by atoms with E-state index in [0.29, 0.717) is 35.0 Å². The summed E-state index contributed by atoms with van der Waals surface area (Å²) in [5, 5.41) is 9.78. The van der Waals surface area contributed by atoms with Gasteiger partial charge in [-0.25, -0.2) is 0 Å². The number of aryl methyl sites for hydroxylation is 1. The third kappa shape index (κ3) is 3.49. The molecule has 164 valence electrons. The van der Waals surface area contributed by atoms with Gasteiger partial charge in [-0.15, -0.1) is 11.8 Å². The molecule has 5 nitrogen and oxygen atoms in total. The van der Waals surface area contributed by atoms with E-state index >= 15 is 0 Å². The summed E-state index contributed by atoms with van der Waals surface area (Å²) >= 11 is 7.83. The van der Waals surface area contributed by atoms with Crippen LogP contribution in [0.2, 0.25) is 5.02 Å². The molecular weight excluding hydrogens is 454 g/mol. The highest BCUT2D eigenvalue weighted by molar-refractivity contribution is 8.01. The predicted molar refractivity (Wildman–Crippen MR) is 130 cm³/mol. The quantitative estimate of drug-likeness (QED) is 0.530. The Labute approximate surface area is 201 Å². The topological polar surface area (TPSA) is 64.4 Å². The van der Waals surface area contributed by atoms with Gasteiger partial charge in [0.2, 0.25) is 0 Å². The second-order valence-corrected chi connectivity index (χ2v) is 9.90. The minimum absolute atomic E-state index is 0.162. The fourth-order valence-electron chi connectivity index (χ4n) is 4.52. The van der Waals surface area contributed by atoms with Crippen LogP contribution in [0.4, 0.5) is 5.69 Å². The van der Waals surface area contributed by atoms with E-state index < -0.39 is 4.87 Å². The zero-order valence-corrected chi connectivity index (χ0v) is 19.5. The molecule has 0 radical (unpaired) electrons. The molecule has 3 aromatic rings. The normalized spacial score (nSPS) is 19.1. The van der Waals surface area contributed by atoms with Gasteiger partial charge in [0.1, 0.15) is 0 Å². The first-order valence-electron chi connectivity index (χ1n) is 10.6. The van der Waals surface area contributed by atoms with Crippen molar-refractivity contribution in [3.63, 3.8) is 0 Å². The molecule has 2 aliphatic heterocycles. The lowest BCUT2D eigenvalue weighted by Gasteiger charge is -2.33. The predicted octanol–water partition coefficient (Wildman–Crippen LogP) is 5.11. The lowest BCUT2D eigenvalue weighted by Crippen LogP contribution is -2.50. The highest BCUT2D eigenvalue weighted by atomic mass is 35.5. The van der Waals surface area contributed by atoms with Crippen molar-refractivity contribution in [3.8, 4) is 6.07 Å². The molecule has 0 bridgehead atoms. The lowest BCUT2D eigenvalue weighted by molar-refractivity contribution is -0.123. The van der Waals surface area contributed by atoms with Gasteiger partial charge >= 0.3 is 0 Å². The first-order chi connectivity index (χ1) is 15.9. The molecule has 1 spiro atoms. The summed E-state index contributed by atoms with van der Waals surface area (Å²) in [5.41, 5.74) is 4.48. The minimum Gasteiger partial charge on any atom is -0.311 e. The fraction of sp³-hybridized carbons (Fsp3) is 0.192. The Hall–Kier alpha value is -3.27. The highest BCUT2D eigenvalue weighted by Gasteiger charge is 2.59. The van der Waals surface area contributed by atoms with Crippen molar-refractivity contribution in [2.75, 3.05) is 17.2 Å². The molecular formula is C26H20ClN3O2S. The summed E-state index contributed by atoms with van der Waals surface area (Å²) in [5.74, 6) is 0.310.